The molecule has 2 aliphatic rings. The number of hydrogen-bond acceptors (Lipinski definition) is 6. The van der Waals surface area contributed by atoms with E-state index in [9.17, 15) is 23.9 Å². The molecule has 0 radical (unpaired) electrons. The van der Waals surface area contributed by atoms with Crippen LogP contribution in [0, 0.1) is 5.82 Å². The molecule has 4 aromatic carbocycles. The molecular formula is C46H46FN7O4. The van der Waals surface area contributed by atoms with Crippen molar-refractivity contribution >= 4 is 17.8 Å². The average Bonchev–Trinajstić information content (AvgIpc) is 4.08. The van der Waals surface area contributed by atoms with Gasteiger partial charge in [0.05, 0.1) is 48.2 Å². The number of hydrogen-bond donors (Lipinski definition) is 3. The number of aliphatic carboxylic acids is 1. The van der Waals surface area contributed by atoms with Crippen molar-refractivity contribution < 1.29 is 23.9 Å². The molecule has 296 valence electrons. The number of halogens is 1. The van der Waals surface area contributed by atoms with Gasteiger partial charge in [-0.1, -0.05) is 97.1 Å². The van der Waals surface area contributed by atoms with Crippen LogP contribution in [0.4, 0.5) is 4.39 Å². The molecule has 0 bridgehead atoms. The van der Waals surface area contributed by atoms with Crippen molar-refractivity contribution in [2.45, 2.75) is 56.1 Å². The summed E-state index contributed by atoms with van der Waals surface area (Å²) in [7, 11) is 3.59. The van der Waals surface area contributed by atoms with Gasteiger partial charge in [0.1, 0.15) is 23.5 Å². The Bertz CT molecular complexity index is 2390. The molecule has 0 spiro atoms. The predicted octanol–water partition coefficient (Wildman–Crippen LogP) is 8.16. The maximum atomic E-state index is 14.8. The molecule has 2 amide bonds. The highest BCUT2D eigenvalue weighted by Gasteiger charge is 2.39. The average molecular weight is 780 g/mol. The van der Waals surface area contributed by atoms with Crippen LogP contribution in [0.3, 0.4) is 0 Å². The van der Waals surface area contributed by atoms with Gasteiger partial charge in [0.15, 0.2) is 0 Å². The minimum absolute atomic E-state index is 0.141. The first-order valence-corrected chi connectivity index (χ1v) is 19.8. The molecule has 6 aromatic rings. The number of carbonyl (C=O) groups is 3. The molecule has 1 unspecified atom stereocenters. The van der Waals surface area contributed by atoms with Gasteiger partial charge in [0.25, 0.3) is 0 Å². The maximum Gasteiger partial charge on any atom is 0.304 e. The Hall–Kier alpha value is -6.40. The summed E-state index contributed by atoms with van der Waals surface area (Å²) in [5.74, 6) is -1.09. The second kappa shape index (κ2) is 16.6. The highest BCUT2D eigenvalue weighted by atomic mass is 19.1. The van der Waals surface area contributed by atoms with Crippen LogP contribution >= 0.6 is 0 Å². The fourth-order valence-electron chi connectivity index (χ4n) is 8.51. The lowest BCUT2D eigenvalue weighted by Crippen LogP contribution is -2.40. The summed E-state index contributed by atoms with van der Waals surface area (Å²) in [6, 6.07) is 30.8. The van der Waals surface area contributed by atoms with Crippen LogP contribution in [0.1, 0.15) is 78.9 Å². The largest absolute Gasteiger partial charge is 0.481 e. The first-order chi connectivity index (χ1) is 28.2. The van der Waals surface area contributed by atoms with E-state index in [-0.39, 0.29) is 30.3 Å². The first kappa shape index (κ1) is 38.5. The molecule has 3 N–H and O–H groups in total. The number of carboxylic acid groups (broad SMARTS) is 1. The van der Waals surface area contributed by atoms with E-state index in [1.54, 1.807) is 54.5 Å². The van der Waals surface area contributed by atoms with Crippen molar-refractivity contribution in [3.05, 3.63) is 144 Å². The van der Waals surface area contributed by atoms with Crippen LogP contribution < -0.4 is 0 Å². The number of carboxylic acids is 1. The number of likely N-dealkylation sites (tertiary alicyclic amines) is 2. The fraction of sp³-hybridized carbons (Fsp3) is 0.283. The van der Waals surface area contributed by atoms with E-state index >= 15 is 0 Å². The van der Waals surface area contributed by atoms with E-state index in [1.807, 2.05) is 59.5 Å². The van der Waals surface area contributed by atoms with Crippen LogP contribution in [0.25, 0.3) is 33.6 Å². The number of aromatic amines is 2. The topological polar surface area (TPSA) is 139 Å². The SMILES string of the molecule is CN(C)[C@@H](C(=O)N1CCC[C@H]1c1ncc(-c2ccc(-c3ccc(-c4cnc([C@@H]5CCCN5C(=O)C(CC(=O)O)c5ccccc5)[nH]4)cc3)cc2)[nH]1)c1ccccc1F. The number of likely N-dealkylation sites (N-methyl/N-ethyl adjacent to an activating group) is 1. The van der Waals surface area contributed by atoms with Crippen molar-refractivity contribution in [3.63, 3.8) is 0 Å². The Kier molecular flexibility index (Phi) is 11.0. The summed E-state index contributed by atoms with van der Waals surface area (Å²) in [4.78, 5) is 61.1. The number of rotatable bonds is 12. The van der Waals surface area contributed by atoms with E-state index < -0.39 is 23.7 Å². The number of amides is 2. The zero-order valence-electron chi connectivity index (χ0n) is 32.5. The summed E-state index contributed by atoms with van der Waals surface area (Å²) in [6.45, 7) is 1.13. The molecule has 2 fully saturated rings. The van der Waals surface area contributed by atoms with Gasteiger partial charge in [-0.15, -0.1) is 0 Å². The Morgan fingerprint density at radius 2 is 1.19 bits per heavy atom. The molecule has 2 aromatic heterocycles. The van der Waals surface area contributed by atoms with Crippen LogP contribution in [0.2, 0.25) is 0 Å². The quantitative estimate of drug-likeness (QED) is 0.114. The summed E-state index contributed by atoms with van der Waals surface area (Å²) >= 11 is 0. The van der Waals surface area contributed by atoms with Crippen LogP contribution in [-0.4, -0.2) is 84.7 Å². The van der Waals surface area contributed by atoms with Crippen LogP contribution in [0.15, 0.2) is 116 Å². The van der Waals surface area contributed by atoms with Crippen molar-refractivity contribution in [2.75, 3.05) is 27.2 Å². The number of H-pyrrole nitrogens is 2. The van der Waals surface area contributed by atoms with Crippen LogP contribution in [-0.2, 0) is 14.4 Å². The third-order valence-corrected chi connectivity index (χ3v) is 11.4. The Morgan fingerprint density at radius 3 is 1.69 bits per heavy atom. The summed E-state index contributed by atoms with van der Waals surface area (Å²) < 4.78 is 14.8. The van der Waals surface area contributed by atoms with E-state index in [4.69, 9.17) is 4.98 Å². The molecule has 58 heavy (non-hydrogen) atoms. The van der Waals surface area contributed by atoms with Gasteiger partial charge in [0.2, 0.25) is 11.8 Å². The van der Waals surface area contributed by atoms with Gasteiger partial charge in [-0.25, -0.2) is 14.4 Å². The highest BCUT2D eigenvalue weighted by molar-refractivity contribution is 5.88. The van der Waals surface area contributed by atoms with Crippen molar-refractivity contribution in [1.29, 1.82) is 0 Å². The van der Waals surface area contributed by atoms with E-state index in [0.717, 1.165) is 65.1 Å². The Balaban J connectivity index is 0.932. The van der Waals surface area contributed by atoms with Crippen molar-refractivity contribution in [3.8, 4) is 33.6 Å². The van der Waals surface area contributed by atoms with Crippen LogP contribution in [0.5, 0.6) is 0 Å². The van der Waals surface area contributed by atoms with Gasteiger partial charge < -0.3 is 24.9 Å². The lowest BCUT2D eigenvalue weighted by molar-refractivity contribution is -0.142. The van der Waals surface area contributed by atoms with E-state index in [0.29, 0.717) is 30.0 Å². The van der Waals surface area contributed by atoms with E-state index in [2.05, 4.69) is 39.2 Å². The normalized spacial score (nSPS) is 17.8. The lowest BCUT2D eigenvalue weighted by atomic mass is 9.94. The van der Waals surface area contributed by atoms with Gasteiger partial charge in [-0.2, -0.15) is 0 Å². The summed E-state index contributed by atoms with van der Waals surface area (Å²) in [5.41, 5.74) is 6.77. The maximum absolute atomic E-state index is 14.8. The number of aromatic nitrogens is 4. The standard InChI is InChI=1S/C46H46FN7O4/c1-52(2)42(34-12-6-7-13-36(34)47)46(58)54-25-9-15-40(54)44-49-28-38(51-44)33-22-18-30(19-23-33)29-16-20-32(21-17-29)37-27-48-43(50-37)39-14-8-24-53(39)45(57)35(26-41(55)56)31-10-4-3-5-11-31/h3-7,10-13,16-23,27-28,35,39-40,42H,8-9,14-15,24-26H2,1-2H3,(H,48,50)(H,49,51)(H,55,56)/t35?,39-,40-,42+/m0/s1. The monoisotopic (exact) mass is 779 g/mol. The number of nitrogens with one attached hydrogen (secondary N) is 2. The molecule has 4 heterocycles. The van der Waals surface area contributed by atoms with Gasteiger partial charge in [-0.3, -0.25) is 19.3 Å². The first-order valence-electron chi connectivity index (χ1n) is 19.8. The predicted molar refractivity (Wildman–Crippen MR) is 219 cm³/mol. The third kappa shape index (κ3) is 7.79. The third-order valence-electron chi connectivity index (χ3n) is 11.4. The molecule has 12 heteroatoms. The van der Waals surface area contributed by atoms with Gasteiger partial charge >= 0.3 is 5.97 Å². The highest BCUT2D eigenvalue weighted by Crippen LogP contribution is 2.37. The minimum Gasteiger partial charge on any atom is -0.481 e. The second-order valence-electron chi connectivity index (χ2n) is 15.3. The fourth-order valence-corrected chi connectivity index (χ4v) is 8.51. The number of imidazole rings is 2. The molecule has 2 saturated heterocycles. The number of nitrogens with zero attached hydrogens (tertiary/aromatic N) is 5. The molecule has 8 rings (SSSR count). The smallest absolute Gasteiger partial charge is 0.304 e. The Morgan fingerprint density at radius 1 is 0.707 bits per heavy atom. The number of benzene rings is 4. The molecule has 4 atom stereocenters. The van der Waals surface area contributed by atoms with Gasteiger partial charge in [-0.05, 0) is 73.7 Å². The molecule has 0 aliphatic carbocycles. The minimum atomic E-state index is -1.01. The summed E-state index contributed by atoms with van der Waals surface area (Å²) in [6.07, 6.45) is 6.49. The second-order valence-corrected chi connectivity index (χ2v) is 15.3. The zero-order chi connectivity index (χ0) is 40.3. The zero-order valence-corrected chi connectivity index (χ0v) is 32.5. The van der Waals surface area contributed by atoms with Crippen molar-refractivity contribution in [2.24, 2.45) is 0 Å². The molecule has 11 nitrogen and oxygen atoms in total. The lowest BCUT2D eigenvalue weighted by Gasteiger charge is -2.31. The molecule has 0 saturated carbocycles. The molecular weight excluding hydrogens is 734 g/mol. The van der Waals surface area contributed by atoms with Gasteiger partial charge in [0, 0.05) is 18.7 Å². The number of carbonyl (C=O) groups excluding carboxylic acids is 2. The van der Waals surface area contributed by atoms with E-state index in [1.165, 1.54) is 6.07 Å². The molecule has 2 aliphatic heterocycles. The summed E-state index contributed by atoms with van der Waals surface area (Å²) in [5, 5.41) is 9.60. The Labute approximate surface area is 336 Å². The van der Waals surface area contributed by atoms with Crippen molar-refractivity contribution in [1.82, 2.24) is 34.6 Å².